The van der Waals surface area contributed by atoms with Gasteiger partial charge in [0.25, 0.3) is 0 Å². The van der Waals surface area contributed by atoms with E-state index in [9.17, 15) is 0 Å². The van der Waals surface area contributed by atoms with Gasteiger partial charge in [-0.1, -0.05) is 10.3 Å². The Morgan fingerprint density at radius 1 is 0.783 bits per heavy atom. The zero-order valence-corrected chi connectivity index (χ0v) is 12.7. The molecule has 0 saturated heterocycles. The zero-order chi connectivity index (χ0) is 16.3. The Hall–Kier alpha value is -2.80. The van der Waals surface area contributed by atoms with Crippen LogP contribution in [0.15, 0.2) is 59.4 Å². The molecule has 0 atom stereocenters. The number of hydrogen-bond donors (Lipinski definition) is 2. The van der Waals surface area contributed by atoms with Gasteiger partial charge in [0, 0.05) is 35.4 Å². The molecule has 0 aliphatic heterocycles. The van der Waals surface area contributed by atoms with Crippen molar-refractivity contribution in [3.63, 3.8) is 0 Å². The molecular weight excluding hydrogens is 296 g/mol. The van der Waals surface area contributed by atoms with Crippen molar-refractivity contribution in [2.24, 2.45) is 10.3 Å². The molecule has 23 heavy (non-hydrogen) atoms. The molecule has 0 fully saturated rings. The SMILES string of the molecule is O/N=C/c1cc[n+](CCOCC[n+]2ccc(/C=N/O)cc2)cc1. The highest BCUT2D eigenvalue weighted by Gasteiger charge is 2.03. The number of oxime groups is 2. The maximum Gasteiger partial charge on any atom is 0.171 e. The van der Waals surface area contributed by atoms with Crippen molar-refractivity contribution in [3.8, 4) is 0 Å². The molecule has 0 aliphatic rings. The lowest BCUT2D eigenvalue weighted by Crippen LogP contribution is -2.37. The molecule has 7 heteroatoms. The van der Waals surface area contributed by atoms with Crippen molar-refractivity contribution in [1.82, 2.24) is 0 Å². The van der Waals surface area contributed by atoms with Crippen molar-refractivity contribution in [2.45, 2.75) is 13.1 Å². The molecule has 2 rings (SSSR count). The summed E-state index contributed by atoms with van der Waals surface area (Å²) in [5.74, 6) is 0. The smallest absolute Gasteiger partial charge is 0.171 e. The van der Waals surface area contributed by atoms with Crippen molar-refractivity contribution in [3.05, 3.63) is 60.2 Å². The highest BCUT2D eigenvalue weighted by atomic mass is 16.5. The number of ether oxygens (including phenoxy) is 1. The van der Waals surface area contributed by atoms with Gasteiger partial charge in [-0.3, -0.25) is 0 Å². The largest absolute Gasteiger partial charge is 0.411 e. The van der Waals surface area contributed by atoms with E-state index in [2.05, 4.69) is 10.3 Å². The van der Waals surface area contributed by atoms with E-state index in [0.29, 0.717) is 13.2 Å². The van der Waals surface area contributed by atoms with E-state index in [-0.39, 0.29) is 0 Å². The van der Waals surface area contributed by atoms with Crippen LogP contribution in [0, 0.1) is 0 Å². The summed E-state index contributed by atoms with van der Waals surface area (Å²) < 4.78 is 9.63. The Balaban J connectivity index is 1.67. The molecule has 7 nitrogen and oxygen atoms in total. The normalized spacial score (nSPS) is 11.5. The second-order valence-electron chi connectivity index (χ2n) is 4.84. The molecular formula is C16H20N4O3+2. The van der Waals surface area contributed by atoms with E-state index in [1.165, 1.54) is 12.4 Å². The fourth-order valence-corrected chi connectivity index (χ4v) is 1.98. The molecule has 0 aliphatic carbocycles. The first-order chi connectivity index (χ1) is 11.3. The quantitative estimate of drug-likeness (QED) is 0.246. The summed E-state index contributed by atoms with van der Waals surface area (Å²) in [5, 5.41) is 22.9. The van der Waals surface area contributed by atoms with E-state index < -0.39 is 0 Å². The molecule has 0 saturated carbocycles. The van der Waals surface area contributed by atoms with Gasteiger partial charge < -0.3 is 15.2 Å². The van der Waals surface area contributed by atoms with Crippen LogP contribution in [0.2, 0.25) is 0 Å². The number of nitrogens with zero attached hydrogens (tertiary/aromatic N) is 4. The van der Waals surface area contributed by atoms with Crippen LogP contribution in [0.25, 0.3) is 0 Å². The first-order valence-electron chi connectivity index (χ1n) is 7.22. The monoisotopic (exact) mass is 316 g/mol. The summed E-state index contributed by atoms with van der Waals surface area (Å²) in [4.78, 5) is 0. The van der Waals surface area contributed by atoms with E-state index in [4.69, 9.17) is 15.2 Å². The molecule has 2 aromatic heterocycles. The van der Waals surface area contributed by atoms with Crippen LogP contribution < -0.4 is 9.13 Å². The van der Waals surface area contributed by atoms with Gasteiger partial charge in [-0.25, -0.2) is 9.13 Å². The maximum absolute atomic E-state index is 8.45. The van der Waals surface area contributed by atoms with Crippen molar-refractivity contribution >= 4 is 12.4 Å². The van der Waals surface area contributed by atoms with Crippen LogP contribution in [0.1, 0.15) is 11.1 Å². The molecule has 0 amide bonds. The van der Waals surface area contributed by atoms with Gasteiger partial charge in [-0.15, -0.1) is 0 Å². The molecule has 120 valence electrons. The summed E-state index contributed by atoms with van der Waals surface area (Å²) in [5.41, 5.74) is 1.69. The lowest BCUT2D eigenvalue weighted by molar-refractivity contribution is -0.705. The Morgan fingerprint density at radius 3 is 1.52 bits per heavy atom. The third kappa shape index (κ3) is 5.84. The first kappa shape index (κ1) is 16.6. The summed E-state index contributed by atoms with van der Waals surface area (Å²) in [6.45, 7) is 2.75. The maximum atomic E-state index is 8.45. The molecule has 0 aromatic carbocycles. The molecule has 2 aromatic rings. The molecule has 0 spiro atoms. The highest BCUT2D eigenvalue weighted by Crippen LogP contribution is 1.91. The highest BCUT2D eigenvalue weighted by molar-refractivity contribution is 5.78. The van der Waals surface area contributed by atoms with Crippen LogP contribution >= 0.6 is 0 Å². The molecule has 0 unspecified atom stereocenters. The van der Waals surface area contributed by atoms with Gasteiger partial charge in [0.05, 0.1) is 12.4 Å². The van der Waals surface area contributed by atoms with Crippen LogP contribution in [0.5, 0.6) is 0 Å². The number of hydrogen-bond acceptors (Lipinski definition) is 5. The minimum Gasteiger partial charge on any atom is -0.411 e. The average molecular weight is 316 g/mol. The van der Waals surface area contributed by atoms with Gasteiger partial charge in [0.1, 0.15) is 13.2 Å². The first-order valence-corrected chi connectivity index (χ1v) is 7.22. The van der Waals surface area contributed by atoms with E-state index >= 15 is 0 Å². The number of rotatable bonds is 8. The Labute approximate surface area is 134 Å². The third-order valence-corrected chi connectivity index (χ3v) is 3.24. The molecule has 2 N–H and O–H groups in total. The lowest BCUT2D eigenvalue weighted by Gasteiger charge is -2.01. The van der Waals surface area contributed by atoms with Crippen LogP contribution in [0.4, 0.5) is 0 Å². The number of pyridine rings is 2. The second kappa shape index (κ2) is 9.26. The fourth-order valence-electron chi connectivity index (χ4n) is 1.98. The van der Waals surface area contributed by atoms with Gasteiger partial charge in [-0.05, 0) is 0 Å². The molecule has 0 radical (unpaired) electrons. The van der Waals surface area contributed by atoms with Crippen molar-refractivity contribution in [1.29, 1.82) is 0 Å². The summed E-state index contributed by atoms with van der Waals surface area (Å²) in [6.07, 6.45) is 10.4. The second-order valence-corrected chi connectivity index (χ2v) is 4.84. The standard InChI is InChI=1S/C16H18N4O3/c21-17-13-15-1-5-19(6-2-15)9-11-23-12-10-20-7-3-16(4-8-20)14-18-22/h1-8,13-14H,9-12H2/p+2. The zero-order valence-electron chi connectivity index (χ0n) is 12.7. The van der Waals surface area contributed by atoms with Crippen LogP contribution in [-0.4, -0.2) is 36.1 Å². The number of aromatic nitrogens is 2. The summed E-state index contributed by atoms with van der Waals surface area (Å²) in [7, 11) is 0. The summed E-state index contributed by atoms with van der Waals surface area (Å²) >= 11 is 0. The van der Waals surface area contributed by atoms with Gasteiger partial charge in [0.2, 0.25) is 0 Å². The topological polar surface area (TPSA) is 82.2 Å². The summed E-state index contributed by atoms with van der Waals surface area (Å²) in [6, 6.07) is 7.47. The van der Waals surface area contributed by atoms with E-state index in [0.717, 1.165) is 24.2 Å². The predicted molar refractivity (Wildman–Crippen MR) is 82.9 cm³/mol. The van der Waals surface area contributed by atoms with Crippen LogP contribution in [-0.2, 0) is 17.8 Å². The van der Waals surface area contributed by atoms with Gasteiger partial charge >= 0.3 is 0 Å². The van der Waals surface area contributed by atoms with Crippen molar-refractivity contribution < 1.29 is 24.3 Å². The Morgan fingerprint density at radius 2 is 1.17 bits per heavy atom. The minimum absolute atomic E-state index is 0.619. The van der Waals surface area contributed by atoms with Gasteiger partial charge in [0.15, 0.2) is 37.9 Å². The van der Waals surface area contributed by atoms with Crippen LogP contribution in [0.3, 0.4) is 0 Å². The lowest BCUT2D eigenvalue weighted by atomic mass is 10.3. The Kier molecular flexibility index (Phi) is 6.67. The minimum atomic E-state index is 0.619. The third-order valence-electron chi connectivity index (χ3n) is 3.24. The predicted octanol–water partition coefficient (Wildman–Crippen LogP) is 0.595. The van der Waals surface area contributed by atoms with E-state index in [1.54, 1.807) is 0 Å². The van der Waals surface area contributed by atoms with E-state index in [1.807, 2.05) is 58.2 Å². The van der Waals surface area contributed by atoms with Gasteiger partial charge in [-0.2, -0.15) is 0 Å². The Bertz CT molecular complexity index is 582. The molecule has 0 bridgehead atoms. The average Bonchev–Trinajstić information content (AvgIpc) is 2.58. The molecule has 2 heterocycles. The fraction of sp³-hybridized carbons (Fsp3) is 0.250. The van der Waals surface area contributed by atoms with Crippen molar-refractivity contribution in [2.75, 3.05) is 13.2 Å².